The number of carbonyl (C=O) groups is 2. The second-order valence-corrected chi connectivity index (χ2v) is 13.6. The highest BCUT2D eigenvalue weighted by Crippen LogP contribution is 2.39. The average Bonchev–Trinajstić information content (AvgIpc) is 3.03. The first-order chi connectivity index (χ1) is 21.9. The minimum absolute atomic E-state index is 0.000444. The van der Waals surface area contributed by atoms with E-state index in [0.29, 0.717) is 31.3 Å². The van der Waals surface area contributed by atoms with Crippen LogP contribution in [-0.2, 0) is 28.5 Å². The molecule has 8 nitrogen and oxygen atoms in total. The molecule has 0 aromatic heterocycles. The first kappa shape index (κ1) is 33.7. The molecular weight excluding hydrogens is 597 g/mol. The first-order valence-electron chi connectivity index (χ1n) is 16.6. The molecule has 5 rings (SSSR count). The standard InChI is InChI=1S/C35H47F3N4O4/c1-34(2,3)46-33(44)42-21-19-40(20-22-42)30-12-11-27(23-29(30)35(36,37)38)39-16-13-32(43)41-17-14-25(15-18-41)24-45-31-10-6-8-26-7-4-5-9-28(26)31/h6,8,10-12,23,25,39H,4-5,7,9,13-22,24H2,1-3H3. The van der Waals surface area contributed by atoms with Gasteiger partial charge in [-0.05, 0) is 101 Å². The van der Waals surface area contributed by atoms with E-state index >= 15 is 0 Å². The van der Waals surface area contributed by atoms with Gasteiger partial charge in [-0.25, -0.2) is 4.79 Å². The topological polar surface area (TPSA) is 74.4 Å². The van der Waals surface area contributed by atoms with E-state index in [1.54, 1.807) is 31.7 Å². The van der Waals surface area contributed by atoms with Crippen molar-refractivity contribution in [2.45, 2.75) is 77.5 Å². The monoisotopic (exact) mass is 644 g/mol. The van der Waals surface area contributed by atoms with Crippen LogP contribution in [0.2, 0.25) is 0 Å². The highest BCUT2D eigenvalue weighted by Gasteiger charge is 2.36. The number of halogens is 3. The summed E-state index contributed by atoms with van der Waals surface area (Å²) in [6, 6.07) is 10.5. The predicted molar refractivity (Wildman–Crippen MR) is 172 cm³/mol. The average molecular weight is 645 g/mol. The number of benzene rings is 2. The van der Waals surface area contributed by atoms with E-state index in [4.69, 9.17) is 9.47 Å². The fraction of sp³-hybridized carbons (Fsp3) is 0.600. The quantitative estimate of drug-likeness (QED) is 0.343. The zero-order valence-electron chi connectivity index (χ0n) is 27.3. The molecule has 0 bridgehead atoms. The second kappa shape index (κ2) is 14.4. The highest BCUT2D eigenvalue weighted by molar-refractivity contribution is 5.77. The Morgan fingerprint density at radius 1 is 0.913 bits per heavy atom. The number of alkyl halides is 3. The van der Waals surface area contributed by atoms with E-state index in [1.165, 1.54) is 34.9 Å². The van der Waals surface area contributed by atoms with Crippen molar-refractivity contribution in [3.63, 3.8) is 0 Å². The number of carbonyl (C=O) groups excluding carboxylic acids is 2. The van der Waals surface area contributed by atoms with Gasteiger partial charge in [-0.15, -0.1) is 0 Å². The Hall–Kier alpha value is -3.63. The number of piperazine rings is 1. The van der Waals surface area contributed by atoms with Crippen molar-refractivity contribution in [3.8, 4) is 5.75 Å². The molecule has 0 spiro atoms. The van der Waals surface area contributed by atoms with Crippen LogP contribution in [0.3, 0.4) is 0 Å². The summed E-state index contributed by atoms with van der Waals surface area (Å²) in [7, 11) is 0. The Morgan fingerprint density at radius 2 is 1.63 bits per heavy atom. The third kappa shape index (κ3) is 8.79. The molecule has 0 saturated carbocycles. The molecule has 0 radical (unpaired) electrons. The minimum Gasteiger partial charge on any atom is -0.493 e. The van der Waals surface area contributed by atoms with E-state index in [-0.39, 0.29) is 50.7 Å². The number of hydrogen-bond donors (Lipinski definition) is 1. The molecule has 2 aromatic carbocycles. The zero-order chi connectivity index (χ0) is 32.9. The van der Waals surface area contributed by atoms with Crippen LogP contribution in [0.5, 0.6) is 5.75 Å². The first-order valence-corrected chi connectivity index (χ1v) is 16.6. The molecule has 0 unspecified atom stereocenters. The molecule has 46 heavy (non-hydrogen) atoms. The van der Waals surface area contributed by atoms with Gasteiger partial charge in [-0.3, -0.25) is 4.79 Å². The van der Waals surface area contributed by atoms with Crippen LogP contribution in [0.1, 0.15) is 69.6 Å². The number of nitrogens with one attached hydrogen (secondary N) is 1. The molecule has 2 fully saturated rings. The number of rotatable bonds is 8. The van der Waals surface area contributed by atoms with E-state index < -0.39 is 23.4 Å². The van der Waals surface area contributed by atoms with Crippen LogP contribution in [0, 0.1) is 5.92 Å². The second-order valence-electron chi connectivity index (χ2n) is 13.6. The normalized spacial score (nSPS) is 17.8. The molecule has 252 valence electrons. The molecule has 2 heterocycles. The Balaban J connectivity index is 1.07. The number of anilines is 2. The molecule has 2 aliphatic heterocycles. The summed E-state index contributed by atoms with van der Waals surface area (Å²) >= 11 is 0. The lowest BCUT2D eigenvalue weighted by Gasteiger charge is -2.37. The molecular formula is C35H47F3N4O4. The SMILES string of the molecule is CC(C)(C)OC(=O)N1CCN(c2ccc(NCCC(=O)N3CCC(COc4cccc5c4CCCC5)CC3)cc2C(F)(F)F)CC1. The number of piperidine rings is 1. The molecule has 0 atom stereocenters. The van der Waals surface area contributed by atoms with Gasteiger partial charge in [-0.1, -0.05) is 12.1 Å². The number of aryl methyl sites for hydroxylation is 1. The minimum atomic E-state index is -4.56. The lowest BCUT2D eigenvalue weighted by atomic mass is 9.91. The van der Waals surface area contributed by atoms with E-state index in [2.05, 4.69) is 23.5 Å². The van der Waals surface area contributed by atoms with Crippen molar-refractivity contribution in [2.24, 2.45) is 5.92 Å². The third-order valence-corrected chi connectivity index (χ3v) is 9.04. The van der Waals surface area contributed by atoms with Gasteiger partial charge in [0.15, 0.2) is 0 Å². The maximum absolute atomic E-state index is 14.1. The number of likely N-dealkylation sites (tertiary alicyclic amines) is 1. The predicted octanol–water partition coefficient (Wildman–Crippen LogP) is 6.76. The number of fused-ring (bicyclic) bond motifs is 1. The summed E-state index contributed by atoms with van der Waals surface area (Å²) in [5, 5.41) is 3.02. The molecule has 1 N–H and O–H groups in total. The van der Waals surface area contributed by atoms with Crippen LogP contribution in [0.25, 0.3) is 0 Å². The van der Waals surface area contributed by atoms with Gasteiger partial charge in [0, 0.05) is 63.6 Å². The Bertz CT molecular complexity index is 1360. The Labute approximate surface area is 270 Å². The Kier molecular flexibility index (Phi) is 10.6. The van der Waals surface area contributed by atoms with Crippen LogP contribution in [0.4, 0.5) is 29.3 Å². The van der Waals surface area contributed by atoms with Gasteiger partial charge in [-0.2, -0.15) is 13.2 Å². The number of hydrogen-bond acceptors (Lipinski definition) is 6. The fourth-order valence-corrected chi connectivity index (χ4v) is 6.52. The van der Waals surface area contributed by atoms with Crippen molar-refractivity contribution in [2.75, 3.05) is 62.6 Å². The van der Waals surface area contributed by atoms with Crippen molar-refractivity contribution < 1.29 is 32.2 Å². The third-order valence-electron chi connectivity index (χ3n) is 9.04. The lowest BCUT2D eigenvalue weighted by molar-refractivity contribution is -0.137. The van der Waals surface area contributed by atoms with E-state index in [1.807, 2.05) is 4.90 Å². The van der Waals surface area contributed by atoms with Crippen molar-refractivity contribution in [1.82, 2.24) is 9.80 Å². The van der Waals surface area contributed by atoms with Gasteiger partial charge in [0.25, 0.3) is 0 Å². The lowest BCUT2D eigenvalue weighted by Crippen LogP contribution is -2.50. The molecule has 1 aliphatic carbocycles. The highest BCUT2D eigenvalue weighted by atomic mass is 19.4. The van der Waals surface area contributed by atoms with Gasteiger partial charge in [0.1, 0.15) is 11.4 Å². The summed E-state index contributed by atoms with van der Waals surface area (Å²) in [5.74, 6) is 1.39. The molecule has 2 saturated heterocycles. The summed E-state index contributed by atoms with van der Waals surface area (Å²) in [6.07, 6.45) is 1.55. The van der Waals surface area contributed by atoms with E-state index in [9.17, 15) is 22.8 Å². The molecule has 3 aliphatic rings. The van der Waals surface area contributed by atoms with Crippen LogP contribution in [-0.4, -0.2) is 79.8 Å². The summed E-state index contributed by atoms with van der Waals surface area (Å²) in [4.78, 5) is 30.3. The van der Waals surface area contributed by atoms with Crippen LogP contribution >= 0.6 is 0 Å². The van der Waals surface area contributed by atoms with Gasteiger partial charge in [0.05, 0.1) is 12.2 Å². The molecule has 11 heteroatoms. The Morgan fingerprint density at radius 3 is 2.33 bits per heavy atom. The van der Waals surface area contributed by atoms with Crippen molar-refractivity contribution in [3.05, 3.63) is 53.1 Å². The summed E-state index contributed by atoms with van der Waals surface area (Å²) < 4.78 is 54.0. The largest absolute Gasteiger partial charge is 0.493 e. The van der Waals surface area contributed by atoms with Crippen LogP contribution in [0.15, 0.2) is 36.4 Å². The fourth-order valence-electron chi connectivity index (χ4n) is 6.52. The van der Waals surface area contributed by atoms with Gasteiger partial charge in [0.2, 0.25) is 5.91 Å². The van der Waals surface area contributed by atoms with Crippen LogP contribution < -0.4 is 15.0 Å². The summed E-state index contributed by atoms with van der Waals surface area (Å²) in [6.45, 7) is 8.62. The molecule has 2 aromatic rings. The maximum atomic E-state index is 14.1. The van der Waals surface area contributed by atoms with Gasteiger partial charge >= 0.3 is 12.3 Å². The van der Waals surface area contributed by atoms with Gasteiger partial charge < -0.3 is 29.5 Å². The molecule has 2 amide bonds. The number of nitrogens with zero attached hydrogens (tertiary/aromatic N) is 3. The zero-order valence-corrected chi connectivity index (χ0v) is 27.3. The van der Waals surface area contributed by atoms with Crippen molar-refractivity contribution in [1.29, 1.82) is 0 Å². The smallest absolute Gasteiger partial charge is 0.418 e. The van der Waals surface area contributed by atoms with E-state index in [0.717, 1.165) is 37.5 Å². The van der Waals surface area contributed by atoms with Crippen molar-refractivity contribution >= 4 is 23.4 Å². The number of amides is 2. The number of ether oxygens (including phenoxy) is 2. The summed E-state index contributed by atoms with van der Waals surface area (Å²) in [5.41, 5.74) is 1.77. The maximum Gasteiger partial charge on any atom is 0.418 e.